The summed E-state index contributed by atoms with van der Waals surface area (Å²) in [5.74, 6) is -3.62. The van der Waals surface area contributed by atoms with E-state index in [2.05, 4.69) is 31.1 Å². The minimum absolute atomic E-state index is 0.0861. The molecule has 2 aliphatic carbocycles. The molecule has 1 saturated carbocycles. The maximum absolute atomic E-state index is 14.6. The highest BCUT2D eigenvalue weighted by Gasteiger charge is 2.69. The second-order valence-corrected chi connectivity index (χ2v) is 15.9. The van der Waals surface area contributed by atoms with Crippen LogP contribution in [-0.4, -0.2) is 64.4 Å². The summed E-state index contributed by atoms with van der Waals surface area (Å²) >= 11 is 0. The number of piperidine rings is 1. The molecule has 5 atom stereocenters. The van der Waals surface area contributed by atoms with Crippen LogP contribution in [0.25, 0.3) is 0 Å². The number of hydrogen-bond acceptors (Lipinski definition) is 7. The van der Waals surface area contributed by atoms with E-state index >= 15 is 0 Å². The van der Waals surface area contributed by atoms with E-state index in [1.54, 1.807) is 25.7 Å². The standard InChI is InChI=1S/C41H51N3O7/c1-7-13-28(37(48)31(45)18-19-33(47)42-23-25-14-9-8-10-15-25)22-32(46)36-34-30(41(34,5)6)24-44(36)38(49)35(43-39(50)51-40(2,3)4)29-20-26-16-11-12-17-27(26)21-29/h7-12,14-17,28-30,34-36H,1,13,18-24H2,2-6H3,(H,42,47)(H,43,50)/t28?,30-,34-,35-,36+/m0/s1. The van der Waals surface area contributed by atoms with E-state index in [4.69, 9.17) is 4.74 Å². The summed E-state index contributed by atoms with van der Waals surface area (Å²) in [5.41, 5.74) is 2.19. The van der Waals surface area contributed by atoms with E-state index in [-0.39, 0.29) is 66.4 Å². The van der Waals surface area contributed by atoms with Gasteiger partial charge in [-0.05, 0) is 79.9 Å². The largest absolute Gasteiger partial charge is 0.444 e. The van der Waals surface area contributed by atoms with Crippen molar-refractivity contribution >= 4 is 35.3 Å². The number of ketones is 3. The third-order valence-electron chi connectivity index (χ3n) is 10.8. The summed E-state index contributed by atoms with van der Waals surface area (Å²) in [6.45, 7) is 13.8. The van der Waals surface area contributed by atoms with Crippen LogP contribution in [0, 0.1) is 29.1 Å². The molecular formula is C41H51N3O7. The number of carbonyl (C=O) groups excluding carboxylic acids is 6. The van der Waals surface area contributed by atoms with Gasteiger partial charge in [0.05, 0.1) is 6.04 Å². The number of likely N-dealkylation sites (tertiary alicyclic amines) is 1. The fourth-order valence-corrected chi connectivity index (χ4v) is 8.02. The number of hydrogen-bond donors (Lipinski definition) is 2. The predicted molar refractivity (Wildman–Crippen MR) is 192 cm³/mol. The molecule has 2 fully saturated rings. The highest BCUT2D eigenvalue weighted by Crippen LogP contribution is 2.65. The van der Waals surface area contributed by atoms with Gasteiger partial charge in [-0.1, -0.05) is 74.5 Å². The van der Waals surface area contributed by atoms with Crippen LogP contribution < -0.4 is 10.6 Å². The van der Waals surface area contributed by atoms with Crippen molar-refractivity contribution in [3.8, 4) is 0 Å². The lowest BCUT2D eigenvalue weighted by atomic mass is 9.86. The fourth-order valence-electron chi connectivity index (χ4n) is 8.02. The van der Waals surface area contributed by atoms with Crippen molar-refractivity contribution < 1.29 is 33.5 Å². The van der Waals surface area contributed by atoms with Crippen LogP contribution >= 0.6 is 0 Å². The number of nitrogens with one attached hydrogen (secondary N) is 2. The molecule has 1 saturated heterocycles. The smallest absolute Gasteiger partial charge is 0.408 e. The van der Waals surface area contributed by atoms with Gasteiger partial charge in [0, 0.05) is 38.3 Å². The molecule has 2 N–H and O–H groups in total. The maximum atomic E-state index is 14.6. The van der Waals surface area contributed by atoms with Crippen LogP contribution in [0.4, 0.5) is 4.79 Å². The van der Waals surface area contributed by atoms with E-state index in [0.29, 0.717) is 25.9 Å². The van der Waals surface area contributed by atoms with Crippen LogP contribution in [0.1, 0.15) is 77.0 Å². The first-order valence-electron chi connectivity index (χ1n) is 18.0. The molecule has 1 aliphatic heterocycles. The lowest BCUT2D eigenvalue weighted by molar-refractivity contribution is -0.144. The molecule has 5 rings (SSSR count). The van der Waals surface area contributed by atoms with E-state index < -0.39 is 41.3 Å². The van der Waals surface area contributed by atoms with Gasteiger partial charge in [-0.15, -0.1) is 6.58 Å². The van der Waals surface area contributed by atoms with Crippen molar-refractivity contribution in [1.82, 2.24) is 15.5 Å². The second-order valence-electron chi connectivity index (χ2n) is 15.9. The van der Waals surface area contributed by atoms with Crippen molar-refractivity contribution in [2.75, 3.05) is 6.54 Å². The lowest BCUT2D eigenvalue weighted by Crippen LogP contribution is -2.57. The Hall–Kier alpha value is -4.60. The van der Waals surface area contributed by atoms with Crippen LogP contribution in [0.5, 0.6) is 0 Å². The van der Waals surface area contributed by atoms with E-state index in [9.17, 15) is 28.8 Å². The van der Waals surface area contributed by atoms with Crippen molar-refractivity contribution in [3.05, 3.63) is 83.9 Å². The number of Topliss-reactive ketones (excluding diaryl/α,β-unsaturated/α-hetero) is 3. The Morgan fingerprint density at radius 2 is 1.59 bits per heavy atom. The number of amides is 3. The molecular weight excluding hydrogens is 646 g/mol. The van der Waals surface area contributed by atoms with E-state index in [1.807, 2.05) is 54.6 Å². The SMILES string of the molecule is C=CCC(CC(=O)[C@@H]1[C@@H]2[C@H](CN1C(=O)[C@@H](NC(=O)OC(C)(C)C)C1Cc3ccccc3C1)C2(C)C)C(=O)C(=O)CCC(=O)NCc1ccccc1. The first-order chi connectivity index (χ1) is 24.1. The first-order valence-corrected chi connectivity index (χ1v) is 18.0. The highest BCUT2D eigenvalue weighted by atomic mass is 16.6. The molecule has 3 aliphatic rings. The Bertz CT molecular complexity index is 1650. The molecule has 10 nitrogen and oxygen atoms in total. The molecule has 0 spiro atoms. The van der Waals surface area contributed by atoms with Crippen LogP contribution in [0.2, 0.25) is 0 Å². The van der Waals surface area contributed by atoms with Gasteiger partial charge in [0.15, 0.2) is 11.6 Å². The molecule has 2 aromatic carbocycles. The molecule has 272 valence electrons. The Labute approximate surface area is 300 Å². The van der Waals surface area contributed by atoms with E-state index in [1.165, 1.54) is 6.08 Å². The van der Waals surface area contributed by atoms with Crippen molar-refractivity contribution in [2.24, 2.45) is 29.1 Å². The fraction of sp³-hybridized carbons (Fsp3) is 0.512. The second kappa shape index (κ2) is 15.3. The molecule has 0 aromatic heterocycles. The first kappa shape index (κ1) is 37.7. The molecule has 51 heavy (non-hydrogen) atoms. The Kier molecular flexibility index (Phi) is 11.3. The number of nitrogens with zero attached hydrogens (tertiary/aromatic N) is 1. The third-order valence-corrected chi connectivity index (χ3v) is 10.8. The Balaban J connectivity index is 1.28. The summed E-state index contributed by atoms with van der Waals surface area (Å²) in [5, 5.41) is 5.63. The maximum Gasteiger partial charge on any atom is 0.408 e. The summed E-state index contributed by atoms with van der Waals surface area (Å²) in [6.07, 6.45) is 1.46. The number of fused-ring (bicyclic) bond motifs is 2. The zero-order valence-corrected chi connectivity index (χ0v) is 30.4. The van der Waals surface area contributed by atoms with Crippen LogP contribution in [-0.2, 0) is 48.1 Å². The number of carbonyl (C=O) groups is 6. The summed E-state index contributed by atoms with van der Waals surface area (Å²) in [4.78, 5) is 82.4. The minimum Gasteiger partial charge on any atom is -0.444 e. The number of ether oxygens (including phenoxy) is 1. The average Bonchev–Trinajstić information content (AvgIpc) is 3.43. The zero-order chi connectivity index (χ0) is 37.1. The van der Waals surface area contributed by atoms with Crippen LogP contribution in [0.15, 0.2) is 67.3 Å². The van der Waals surface area contributed by atoms with Crippen LogP contribution in [0.3, 0.4) is 0 Å². The minimum atomic E-state index is -0.951. The van der Waals surface area contributed by atoms with Crippen molar-refractivity contribution in [1.29, 1.82) is 0 Å². The number of rotatable bonds is 15. The molecule has 1 heterocycles. The zero-order valence-electron chi connectivity index (χ0n) is 30.4. The molecule has 2 aromatic rings. The molecule has 3 amide bonds. The monoisotopic (exact) mass is 697 g/mol. The van der Waals surface area contributed by atoms with Gasteiger partial charge in [-0.3, -0.25) is 24.0 Å². The molecule has 10 heteroatoms. The van der Waals surface area contributed by atoms with Gasteiger partial charge in [-0.2, -0.15) is 0 Å². The quantitative estimate of drug-likeness (QED) is 0.194. The number of alkyl carbamates (subject to hydrolysis) is 1. The Morgan fingerprint density at radius 1 is 0.961 bits per heavy atom. The number of allylic oxidation sites excluding steroid dienone is 1. The van der Waals surface area contributed by atoms with Crippen molar-refractivity contribution in [2.45, 2.75) is 97.4 Å². The molecule has 1 unspecified atom stereocenters. The van der Waals surface area contributed by atoms with Gasteiger partial charge in [0.2, 0.25) is 17.6 Å². The molecule has 0 radical (unpaired) electrons. The Morgan fingerprint density at radius 3 is 2.20 bits per heavy atom. The van der Waals surface area contributed by atoms with Gasteiger partial charge >= 0.3 is 6.09 Å². The normalized spacial score (nSPS) is 21.4. The topological polar surface area (TPSA) is 139 Å². The third kappa shape index (κ3) is 8.83. The predicted octanol–water partition coefficient (Wildman–Crippen LogP) is 5.16. The van der Waals surface area contributed by atoms with Gasteiger partial charge in [0.1, 0.15) is 11.6 Å². The van der Waals surface area contributed by atoms with Gasteiger partial charge in [0.25, 0.3) is 0 Å². The summed E-state index contributed by atoms with van der Waals surface area (Å²) in [6, 6.07) is 15.6. The summed E-state index contributed by atoms with van der Waals surface area (Å²) in [7, 11) is 0. The molecule has 0 bridgehead atoms. The lowest BCUT2D eigenvalue weighted by Gasteiger charge is -2.35. The van der Waals surface area contributed by atoms with Gasteiger partial charge in [-0.25, -0.2) is 4.79 Å². The van der Waals surface area contributed by atoms with E-state index in [0.717, 1.165) is 16.7 Å². The summed E-state index contributed by atoms with van der Waals surface area (Å²) < 4.78 is 5.56. The highest BCUT2D eigenvalue weighted by molar-refractivity contribution is 6.38. The average molecular weight is 698 g/mol. The number of benzene rings is 2. The van der Waals surface area contributed by atoms with Crippen molar-refractivity contribution in [3.63, 3.8) is 0 Å². The van der Waals surface area contributed by atoms with Gasteiger partial charge < -0.3 is 20.3 Å².